The Morgan fingerprint density at radius 2 is 1.62 bits per heavy atom. The lowest BCUT2D eigenvalue weighted by molar-refractivity contribution is -0.137. The van der Waals surface area contributed by atoms with E-state index < -0.39 is 29.4 Å². The molecule has 0 radical (unpaired) electrons. The van der Waals surface area contributed by atoms with Crippen molar-refractivity contribution >= 4 is 29.3 Å². The van der Waals surface area contributed by atoms with Crippen molar-refractivity contribution in [3.8, 4) is 0 Å². The molecule has 0 saturated heterocycles. The Balaban J connectivity index is 0.000000278. The van der Waals surface area contributed by atoms with E-state index in [0.29, 0.717) is 16.0 Å². The molecule has 0 atom stereocenters. The van der Waals surface area contributed by atoms with Crippen molar-refractivity contribution in [2.75, 3.05) is 11.6 Å². The zero-order chi connectivity index (χ0) is 23.9. The summed E-state index contributed by atoms with van der Waals surface area (Å²) in [6.07, 6.45) is -2.83. The molecule has 4 nitrogen and oxygen atoms in total. The molecule has 0 spiro atoms. The first kappa shape index (κ1) is 24.9. The van der Waals surface area contributed by atoms with Crippen molar-refractivity contribution < 1.29 is 27.2 Å². The Morgan fingerprint density at radius 1 is 0.969 bits per heavy atom. The van der Waals surface area contributed by atoms with Crippen LogP contribution in [0.15, 0.2) is 71.6 Å². The van der Waals surface area contributed by atoms with Crippen LogP contribution in [0.4, 0.5) is 23.2 Å². The number of primary amides is 1. The molecule has 32 heavy (non-hydrogen) atoms. The number of amides is 2. The number of benzene rings is 3. The van der Waals surface area contributed by atoms with E-state index in [1.54, 1.807) is 61.7 Å². The molecule has 168 valence electrons. The second kappa shape index (κ2) is 10.8. The molecule has 0 heterocycles. The first-order valence-corrected chi connectivity index (χ1v) is 10.4. The standard InChI is InChI=1S/C15H12F3NOS.C8H8FNO/c1-21-11-7-8-13(12(9-11)15(16,17)18)19-14(20)10-5-3-2-4-6-10;1-5-3-2-4-6(7(5)9)8(10)11/h2-9H,1H3,(H,19,20);2-4H,1H3,(H2,10,11). The van der Waals surface area contributed by atoms with Gasteiger partial charge in [-0.1, -0.05) is 30.3 Å². The summed E-state index contributed by atoms with van der Waals surface area (Å²) in [6, 6.07) is 16.5. The fraction of sp³-hybridized carbons (Fsp3) is 0.130. The highest BCUT2D eigenvalue weighted by atomic mass is 32.2. The van der Waals surface area contributed by atoms with Crippen LogP contribution >= 0.6 is 11.8 Å². The maximum Gasteiger partial charge on any atom is 0.418 e. The van der Waals surface area contributed by atoms with Crippen molar-refractivity contribution in [1.82, 2.24) is 0 Å². The van der Waals surface area contributed by atoms with E-state index in [1.165, 1.54) is 23.9 Å². The molecule has 3 aromatic carbocycles. The Bertz CT molecular complexity index is 1100. The normalized spacial score (nSPS) is 10.7. The van der Waals surface area contributed by atoms with Crippen LogP contribution in [0.5, 0.6) is 0 Å². The fourth-order valence-corrected chi connectivity index (χ4v) is 3.06. The molecular weight excluding hydrogens is 444 g/mol. The smallest absolute Gasteiger partial charge is 0.366 e. The number of thioether (sulfide) groups is 1. The van der Waals surface area contributed by atoms with Gasteiger partial charge in [-0.15, -0.1) is 11.8 Å². The predicted molar refractivity (Wildman–Crippen MR) is 117 cm³/mol. The summed E-state index contributed by atoms with van der Waals surface area (Å²) < 4.78 is 52.1. The number of aryl methyl sites for hydroxylation is 1. The van der Waals surface area contributed by atoms with Gasteiger partial charge < -0.3 is 11.1 Å². The van der Waals surface area contributed by atoms with Gasteiger partial charge in [0.05, 0.1) is 16.8 Å². The minimum absolute atomic E-state index is 0.0509. The summed E-state index contributed by atoms with van der Waals surface area (Å²) in [5.74, 6) is -1.83. The number of alkyl halides is 3. The molecule has 0 bridgehead atoms. The van der Waals surface area contributed by atoms with E-state index >= 15 is 0 Å². The van der Waals surface area contributed by atoms with Crippen molar-refractivity contribution in [2.24, 2.45) is 5.73 Å². The number of anilines is 1. The molecule has 0 aromatic heterocycles. The quantitative estimate of drug-likeness (QED) is 0.372. The fourth-order valence-electron chi connectivity index (χ4n) is 2.62. The van der Waals surface area contributed by atoms with E-state index in [-0.39, 0.29) is 11.3 Å². The maximum absolute atomic E-state index is 13.1. The van der Waals surface area contributed by atoms with Gasteiger partial charge in [-0.3, -0.25) is 9.59 Å². The minimum atomic E-state index is -4.52. The van der Waals surface area contributed by atoms with Crippen molar-refractivity contribution in [3.05, 3.63) is 94.8 Å². The Labute approximate surface area is 186 Å². The van der Waals surface area contributed by atoms with Gasteiger partial charge >= 0.3 is 6.18 Å². The number of rotatable bonds is 4. The van der Waals surface area contributed by atoms with Crippen LogP contribution in [0.25, 0.3) is 0 Å². The van der Waals surface area contributed by atoms with E-state index in [9.17, 15) is 27.2 Å². The Hall–Kier alpha value is -3.33. The molecule has 9 heteroatoms. The molecule has 0 unspecified atom stereocenters. The Kier molecular flexibility index (Phi) is 8.42. The predicted octanol–water partition coefficient (Wildman–Crippen LogP) is 5.91. The van der Waals surface area contributed by atoms with Crippen LogP contribution < -0.4 is 11.1 Å². The van der Waals surface area contributed by atoms with Crippen LogP contribution in [0.3, 0.4) is 0 Å². The van der Waals surface area contributed by atoms with E-state index in [2.05, 4.69) is 5.32 Å². The van der Waals surface area contributed by atoms with E-state index in [0.717, 1.165) is 6.07 Å². The van der Waals surface area contributed by atoms with Gasteiger partial charge in [-0.05, 0) is 55.1 Å². The number of carbonyl (C=O) groups excluding carboxylic acids is 2. The van der Waals surface area contributed by atoms with Gasteiger partial charge in [0.2, 0.25) is 0 Å². The topological polar surface area (TPSA) is 72.2 Å². The highest BCUT2D eigenvalue weighted by Gasteiger charge is 2.34. The van der Waals surface area contributed by atoms with Crippen molar-refractivity contribution in [3.63, 3.8) is 0 Å². The summed E-state index contributed by atoms with van der Waals surface area (Å²) in [5.41, 5.74) is 4.50. The third-order valence-electron chi connectivity index (χ3n) is 4.27. The molecule has 0 saturated carbocycles. The number of nitrogens with two attached hydrogens (primary N) is 1. The molecule has 2 amide bonds. The minimum Gasteiger partial charge on any atom is -0.366 e. The third kappa shape index (κ3) is 6.58. The molecule has 3 N–H and O–H groups in total. The third-order valence-corrected chi connectivity index (χ3v) is 5.00. The van der Waals surface area contributed by atoms with Crippen LogP contribution in [-0.4, -0.2) is 18.1 Å². The van der Waals surface area contributed by atoms with Crippen molar-refractivity contribution in [1.29, 1.82) is 0 Å². The molecule has 0 fully saturated rings. The van der Waals surface area contributed by atoms with Gasteiger partial charge in [0, 0.05) is 10.5 Å². The van der Waals surface area contributed by atoms with Gasteiger partial charge in [-0.2, -0.15) is 13.2 Å². The molecule has 3 aromatic rings. The summed E-state index contributed by atoms with van der Waals surface area (Å²) in [6.45, 7) is 1.59. The number of carbonyl (C=O) groups is 2. The number of hydrogen-bond donors (Lipinski definition) is 2. The summed E-state index contributed by atoms with van der Waals surface area (Å²) in [4.78, 5) is 23.0. The highest BCUT2D eigenvalue weighted by molar-refractivity contribution is 7.98. The van der Waals surface area contributed by atoms with Gasteiger partial charge in [0.1, 0.15) is 5.82 Å². The molecular formula is C23H20F4N2O2S. The zero-order valence-electron chi connectivity index (χ0n) is 17.2. The average molecular weight is 464 g/mol. The number of hydrogen-bond acceptors (Lipinski definition) is 3. The maximum atomic E-state index is 13.1. The number of nitrogens with one attached hydrogen (secondary N) is 1. The lowest BCUT2D eigenvalue weighted by atomic mass is 10.1. The van der Waals surface area contributed by atoms with Gasteiger partial charge in [-0.25, -0.2) is 4.39 Å². The lowest BCUT2D eigenvalue weighted by Gasteiger charge is -2.15. The van der Waals surface area contributed by atoms with Crippen LogP contribution in [0, 0.1) is 12.7 Å². The second-order valence-electron chi connectivity index (χ2n) is 6.53. The van der Waals surface area contributed by atoms with Gasteiger partial charge in [0.25, 0.3) is 11.8 Å². The van der Waals surface area contributed by atoms with Crippen LogP contribution in [-0.2, 0) is 6.18 Å². The summed E-state index contributed by atoms with van der Waals surface area (Å²) >= 11 is 1.21. The van der Waals surface area contributed by atoms with Gasteiger partial charge in [0.15, 0.2) is 0 Å². The SMILES string of the molecule is CSc1ccc(NC(=O)c2ccccc2)c(C(F)(F)F)c1.Cc1cccc(C(N)=O)c1F. The zero-order valence-corrected chi connectivity index (χ0v) is 18.0. The van der Waals surface area contributed by atoms with Crippen LogP contribution in [0.2, 0.25) is 0 Å². The highest BCUT2D eigenvalue weighted by Crippen LogP contribution is 2.37. The largest absolute Gasteiger partial charge is 0.418 e. The Morgan fingerprint density at radius 3 is 2.16 bits per heavy atom. The average Bonchev–Trinajstić information content (AvgIpc) is 2.76. The monoisotopic (exact) mass is 464 g/mol. The van der Waals surface area contributed by atoms with Crippen LogP contribution in [0.1, 0.15) is 31.8 Å². The molecule has 0 aliphatic carbocycles. The molecule has 0 aliphatic rings. The lowest BCUT2D eigenvalue weighted by Crippen LogP contribution is -2.16. The van der Waals surface area contributed by atoms with E-state index in [1.807, 2.05) is 0 Å². The second-order valence-corrected chi connectivity index (χ2v) is 7.41. The number of halogens is 4. The summed E-state index contributed by atoms with van der Waals surface area (Å²) in [7, 11) is 0. The first-order chi connectivity index (χ1) is 15.0. The van der Waals surface area contributed by atoms with Crippen molar-refractivity contribution in [2.45, 2.75) is 18.0 Å². The molecule has 3 rings (SSSR count). The first-order valence-electron chi connectivity index (χ1n) is 9.21. The summed E-state index contributed by atoms with van der Waals surface area (Å²) in [5, 5.41) is 2.32. The molecule has 0 aliphatic heterocycles. The van der Waals surface area contributed by atoms with E-state index in [4.69, 9.17) is 5.73 Å².